The van der Waals surface area contributed by atoms with E-state index in [1.807, 2.05) is 39.8 Å². The van der Waals surface area contributed by atoms with E-state index in [4.69, 9.17) is 17.3 Å². The van der Waals surface area contributed by atoms with Crippen molar-refractivity contribution in [2.45, 2.75) is 39.8 Å². The Morgan fingerprint density at radius 3 is 2.45 bits per heavy atom. The summed E-state index contributed by atoms with van der Waals surface area (Å²) in [4.78, 5) is 17.3. The van der Waals surface area contributed by atoms with Crippen LogP contribution in [0.2, 0.25) is 5.02 Å². The molecule has 2 aromatic rings. The van der Waals surface area contributed by atoms with Crippen molar-refractivity contribution in [3.8, 4) is 5.75 Å². The van der Waals surface area contributed by atoms with E-state index in [2.05, 4.69) is 10.3 Å². The summed E-state index contributed by atoms with van der Waals surface area (Å²) in [5.74, 6) is -0.0630. The van der Waals surface area contributed by atoms with Crippen LogP contribution in [0.3, 0.4) is 0 Å². The maximum atomic E-state index is 12.7. The second-order valence-electron chi connectivity index (χ2n) is 7.41. The van der Waals surface area contributed by atoms with Crippen LogP contribution in [-0.4, -0.2) is 43.6 Å². The van der Waals surface area contributed by atoms with Gasteiger partial charge in [0, 0.05) is 0 Å². The fourth-order valence-electron chi connectivity index (χ4n) is 3.09. The number of nitrogens with one attached hydrogen (secondary N) is 1. The van der Waals surface area contributed by atoms with Crippen LogP contribution in [0, 0.1) is 0 Å². The molecule has 0 bridgehead atoms. The molecule has 0 aliphatic heterocycles. The molecular formula is C22H24ClN3O2Se. The quantitative estimate of drug-likeness (QED) is 0.352. The number of halogens is 1. The van der Waals surface area contributed by atoms with Crippen LogP contribution in [0.1, 0.15) is 43.6 Å². The van der Waals surface area contributed by atoms with E-state index in [1.54, 1.807) is 18.2 Å². The Balaban J connectivity index is 2.22. The molecule has 0 radical (unpaired) electrons. The SMILES string of the molecule is CC(C)N=C1C=CC(=O)c2c(NC(C)C)cc([Se]c3ccc(Cl)cc3N)c(O)c21. The second kappa shape index (κ2) is 8.62. The Kier molecular flexibility index (Phi) is 6.37. The van der Waals surface area contributed by atoms with E-state index in [-0.39, 0.29) is 38.6 Å². The number of rotatable bonds is 5. The van der Waals surface area contributed by atoms with Gasteiger partial charge in [0.25, 0.3) is 0 Å². The molecule has 4 N–H and O–H groups in total. The number of hydrogen-bond acceptors (Lipinski definition) is 5. The molecule has 0 saturated heterocycles. The summed E-state index contributed by atoms with van der Waals surface area (Å²) < 4.78 is 1.64. The minimum absolute atomic E-state index is 0.0256. The van der Waals surface area contributed by atoms with Crippen LogP contribution < -0.4 is 20.0 Å². The first kappa shape index (κ1) is 21.4. The summed E-state index contributed by atoms with van der Waals surface area (Å²) in [6.07, 6.45) is 3.19. The number of allylic oxidation sites excluding steroid dienone is 2. The van der Waals surface area contributed by atoms with Gasteiger partial charge >= 0.3 is 182 Å². The number of anilines is 2. The van der Waals surface area contributed by atoms with Crippen molar-refractivity contribution in [3.05, 3.63) is 52.6 Å². The predicted octanol–water partition coefficient (Wildman–Crippen LogP) is 3.05. The molecule has 0 saturated carbocycles. The van der Waals surface area contributed by atoms with Gasteiger partial charge in [-0.2, -0.15) is 0 Å². The molecule has 0 aromatic heterocycles. The Morgan fingerprint density at radius 1 is 1.10 bits per heavy atom. The van der Waals surface area contributed by atoms with Gasteiger partial charge in [-0.15, -0.1) is 0 Å². The number of benzene rings is 2. The molecule has 0 heterocycles. The molecule has 0 amide bonds. The number of hydrogen-bond donors (Lipinski definition) is 3. The van der Waals surface area contributed by atoms with Gasteiger partial charge in [-0.3, -0.25) is 0 Å². The molecule has 0 atom stereocenters. The standard InChI is InChI=1S/C22H24ClN3O2Se/c1-11(2)25-15-6-7-17(27)20-16(26-12(3)4)10-19(22(28)21(15)20)29-18-8-5-13(23)9-14(18)24/h5-12,26,28H,24H2,1-4H3. The second-order valence-corrected chi connectivity index (χ2v) is 10.1. The minimum atomic E-state index is -0.283. The Hall–Kier alpha value is -2.27. The van der Waals surface area contributed by atoms with Crippen LogP contribution >= 0.6 is 11.6 Å². The molecule has 0 fully saturated rings. The number of carbonyl (C=O) groups excluding carboxylic acids is 1. The summed E-state index contributed by atoms with van der Waals surface area (Å²) >= 11 is 5.74. The van der Waals surface area contributed by atoms with Crippen LogP contribution in [0.15, 0.2) is 41.4 Å². The number of phenols is 1. The number of nitrogens with two attached hydrogens (primary N) is 1. The van der Waals surface area contributed by atoms with Crippen molar-refractivity contribution in [2.24, 2.45) is 4.99 Å². The molecule has 0 spiro atoms. The molecule has 152 valence electrons. The van der Waals surface area contributed by atoms with Crippen molar-refractivity contribution >= 4 is 58.4 Å². The van der Waals surface area contributed by atoms with Gasteiger partial charge in [-0.1, -0.05) is 0 Å². The third-order valence-electron chi connectivity index (χ3n) is 4.19. The average molecular weight is 477 g/mol. The van der Waals surface area contributed by atoms with Gasteiger partial charge in [-0.25, -0.2) is 0 Å². The number of aliphatic imine (C=N–C) groups is 1. The zero-order chi connectivity index (χ0) is 21.3. The van der Waals surface area contributed by atoms with Gasteiger partial charge in [0.05, 0.1) is 0 Å². The first-order chi connectivity index (χ1) is 13.7. The third-order valence-corrected chi connectivity index (χ3v) is 6.78. The number of nitrogens with zero attached hydrogens (tertiary/aromatic N) is 1. The molecular weight excluding hydrogens is 453 g/mol. The number of phenolic OH excluding ortho intramolecular Hbond substituents is 1. The molecule has 3 rings (SSSR count). The fraction of sp³-hybridized carbons (Fsp3) is 0.273. The zero-order valence-corrected chi connectivity index (χ0v) is 19.3. The molecule has 0 unspecified atom stereocenters. The van der Waals surface area contributed by atoms with Gasteiger partial charge in [0.15, 0.2) is 0 Å². The van der Waals surface area contributed by atoms with Crippen LogP contribution in [-0.2, 0) is 0 Å². The zero-order valence-electron chi connectivity index (χ0n) is 16.8. The molecule has 5 nitrogen and oxygen atoms in total. The Bertz CT molecular complexity index is 1030. The van der Waals surface area contributed by atoms with E-state index in [0.29, 0.717) is 33.2 Å². The number of carbonyl (C=O) groups is 1. The van der Waals surface area contributed by atoms with Gasteiger partial charge in [-0.05, 0) is 0 Å². The molecule has 2 aromatic carbocycles. The van der Waals surface area contributed by atoms with Gasteiger partial charge in [0.1, 0.15) is 0 Å². The summed E-state index contributed by atoms with van der Waals surface area (Å²) in [5, 5.41) is 15.1. The van der Waals surface area contributed by atoms with Crippen molar-refractivity contribution < 1.29 is 9.90 Å². The normalized spacial score (nSPS) is 14.7. The van der Waals surface area contributed by atoms with E-state index in [0.717, 1.165) is 8.92 Å². The fourth-order valence-corrected chi connectivity index (χ4v) is 5.22. The topological polar surface area (TPSA) is 87.7 Å². The summed E-state index contributed by atoms with van der Waals surface area (Å²) in [6.45, 7) is 7.94. The van der Waals surface area contributed by atoms with E-state index in [1.165, 1.54) is 6.08 Å². The molecule has 1 aliphatic rings. The van der Waals surface area contributed by atoms with E-state index in [9.17, 15) is 9.90 Å². The average Bonchev–Trinajstić information content (AvgIpc) is 2.61. The van der Waals surface area contributed by atoms with Crippen molar-refractivity contribution in [2.75, 3.05) is 11.1 Å². The maximum absolute atomic E-state index is 12.7. The summed E-state index contributed by atoms with van der Waals surface area (Å²) in [5.41, 5.74) is 8.98. The monoisotopic (exact) mass is 477 g/mol. The van der Waals surface area contributed by atoms with Crippen LogP contribution in [0.4, 0.5) is 11.4 Å². The number of aromatic hydroxyl groups is 1. The summed E-state index contributed by atoms with van der Waals surface area (Å²) in [7, 11) is 0. The van der Waals surface area contributed by atoms with E-state index >= 15 is 0 Å². The first-order valence-corrected chi connectivity index (χ1v) is 11.5. The van der Waals surface area contributed by atoms with E-state index < -0.39 is 0 Å². The molecule has 7 heteroatoms. The molecule has 1 aliphatic carbocycles. The van der Waals surface area contributed by atoms with Crippen molar-refractivity contribution in [1.29, 1.82) is 0 Å². The Morgan fingerprint density at radius 2 is 1.83 bits per heavy atom. The van der Waals surface area contributed by atoms with Gasteiger partial charge < -0.3 is 0 Å². The van der Waals surface area contributed by atoms with Crippen molar-refractivity contribution in [3.63, 3.8) is 0 Å². The number of fused-ring (bicyclic) bond motifs is 1. The van der Waals surface area contributed by atoms with Crippen molar-refractivity contribution in [1.82, 2.24) is 0 Å². The number of nitrogen functional groups attached to an aromatic ring is 1. The predicted molar refractivity (Wildman–Crippen MR) is 123 cm³/mol. The molecule has 29 heavy (non-hydrogen) atoms. The first-order valence-electron chi connectivity index (χ1n) is 9.37. The van der Waals surface area contributed by atoms with Gasteiger partial charge in [0.2, 0.25) is 0 Å². The third kappa shape index (κ3) is 4.66. The Labute approximate surface area is 182 Å². The number of ketones is 1. The van der Waals surface area contributed by atoms with Crippen LogP contribution in [0.5, 0.6) is 5.75 Å². The van der Waals surface area contributed by atoms with Crippen LogP contribution in [0.25, 0.3) is 0 Å². The summed E-state index contributed by atoms with van der Waals surface area (Å²) in [6, 6.07) is 7.37.